The van der Waals surface area contributed by atoms with E-state index in [0.29, 0.717) is 0 Å². The van der Waals surface area contributed by atoms with E-state index in [1.54, 1.807) is 0 Å². The summed E-state index contributed by atoms with van der Waals surface area (Å²) in [5, 5.41) is 3.07. The van der Waals surface area contributed by atoms with Crippen LogP contribution in [-0.4, -0.2) is 63.2 Å². The molecular weight excluding hydrogens is 235 g/mol. The van der Waals surface area contributed by atoms with Crippen LogP contribution < -0.4 is 0 Å². The molecule has 0 radical (unpaired) electrons. The van der Waals surface area contributed by atoms with Gasteiger partial charge in [0.25, 0.3) is 14.1 Å². The zero-order valence-corrected chi connectivity index (χ0v) is 14.7. The molecule has 0 saturated carbocycles. The highest BCUT2D eigenvalue weighted by Gasteiger charge is 2.11. The van der Waals surface area contributed by atoms with Crippen LogP contribution in [-0.2, 0) is 0 Å². The van der Waals surface area contributed by atoms with Crippen LogP contribution >= 0.6 is 0 Å². The summed E-state index contributed by atoms with van der Waals surface area (Å²) in [5.74, 6) is 2.56. The van der Waals surface area contributed by atoms with Crippen molar-refractivity contribution in [1.82, 2.24) is 9.80 Å². The average molecular weight is 270 g/mol. The van der Waals surface area contributed by atoms with Gasteiger partial charge in [-0.05, 0) is 39.3 Å². The van der Waals surface area contributed by atoms with E-state index in [1.807, 2.05) is 0 Å². The molecule has 0 aliphatic carbocycles. The van der Waals surface area contributed by atoms with Gasteiger partial charge in [0.2, 0.25) is 0 Å². The molecule has 0 atom stereocenters. The lowest BCUT2D eigenvalue weighted by Crippen LogP contribution is -2.26. The molecule has 0 fully saturated rings. The molecule has 0 aromatic heterocycles. The summed E-state index contributed by atoms with van der Waals surface area (Å²) >= 11 is -0.417. The lowest BCUT2D eigenvalue weighted by Gasteiger charge is -2.19. The molecule has 18 heavy (non-hydrogen) atoms. The number of nitrogens with zero attached hydrogens (tertiary/aromatic N) is 2. The predicted molar refractivity (Wildman–Crippen MR) is 86.0 cm³/mol. The molecule has 0 N–H and O–H groups in total. The molecule has 0 aromatic rings. The van der Waals surface area contributed by atoms with Crippen LogP contribution in [0.4, 0.5) is 0 Å². The van der Waals surface area contributed by atoms with E-state index in [4.69, 9.17) is 0 Å². The fourth-order valence-corrected chi connectivity index (χ4v) is 4.60. The Labute approximate surface area is 120 Å². The molecule has 0 unspecified atom stereocenters. The Bertz CT molecular complexity index is 150. The summed E-state index contributed by atoms with van der Waals surface area (Å²) in [5.41, 5.74) is 0. The molecular formula is C15H35AlN2. The molecule has 0 rings (SSSR count). The van der Waals surface area contributed by atoms with Crippen molar-refractivity contribution in [3.05, 3.63) is 0 Å². The SMILES string of the molecule is CCN(CC)CC[CH2][Al]([CH3])[CH2]CCN(CC)CC. The van der Waals surface area contributed by atoms with Crippen molar-refractivity contribution in [3.8, 4) is 0 Å². The first-order valence-electron chi connectivity index (χ1n) is 8.12. The van der Waals surface area contributed by atoms with Crippen LogP contribution in [0.1, 0.15) is 40.5 Å². The van der Waals surface area contributed by atoms with Gasteiger partial charge in [0.05, 0.1) is 0 Å². The summed E-state index contributed by atoms with van der Waals surface area (Å²) < 4.78 is 0. The largest absolute Gasteiger partial charge is 0.304 e. The predicted octanol–water partition coefficient (Wildman–Crippen LogP) is 3.57. The van der Waals surface area contributed by atoms with E-state index < -0.39 is 14.1 Å². The molecule has 0 aliphatic heterocycles. The van der Waals surface area contributed by atoms with Gasteiger partial charge >= 0.3 is 0 Å². The lowest BCUT2D eigenvalue weighted by molar-refractivity contribution is 0.302. The second kappa shape index (κ2) is 12.5. The van der Waals surface area contributed by atoms with Crippen molar-refractivity contribution in [1.29, 1.82) is 0 Å². The quantitative estimate of drug-likeness (QED) is 0.500. The molecule has 108 valence electrons. The lowest BCUT2D eigenvalue weighted by atomic mass is 10.4. The first kappa shape index (κ1) is 18.5. The zero-order chi connectivity index (χ0) is 13.8. The van der Waals surface area contributed by atoms with E-state index in [1.165, 1.54) is 62.7 Å². The highest BCUT2D eigenvalue weighted by Crippen LogP contribution is 2.08. The van der Waals surface area contributed by atoms with Crippen LogP contribution in [0.3, 0.4) is 0 Å². The topological polar surface area (TPSA) is 6.48 Å². The van der Waals surface area contributed by atoms with Crippen molar-refractivity contribution < 1.29 is 0 Å². The number of rotatable bonds is 12. The maximum absolute atomic E-state index is 2.56. The van der Waals surface area contributed by atoms with E-state index in [0.717, 1.165) is 0 Å². The monoisotopic (exact) mass is 270 g/mol. The van der Waals surface area contributed by atoms with Crippen molar-refractivity contribution in [2.75, 3.05) is 39.3 Å². The molecule has 0 aliphatic rings. The van der Waals surface area contributed by atoms with Gasteiger partial charge in [-0.3, -0.25) is 0 Å². The van der Waals surface area contributed by atoms with Crippen LogP contribution in [0.2, 0.25) is 16.4 Å². The summed E-state index contributed by atoms with van der Waals surface area (Å²) in [6, 6.07) is 0. The highest BCUT2D eigenvalue weighted by atomic mass is 27.2. The molecule has 3 heteroatoms. The van der Waals surface area contributed by atoms with Gasteiger partial charge in [0, 0.05) is 0 Å². The van der Waals surface area contributed by atoms with Crippen molar-refractivity contribution in [2.24, 2.45) is 0 Å². The van der Waals surface area contributed by atoms with Crippen molar-refractivity contribution in [2.45, 2.75) is 56.9 Å². The first-order chi connectivity index (χ1) is 8.67. The van der Waals surface area contributed by atoms with Gasteiger partial charge in [0.15, 0.2) is 0 Å². The Morgan fingerprint density at radius 2 is 1.00 bits per heavy atom. The molecule has 0 amide bonds. The van der Waals surface area contributed by atoms with Crippen molar-refractivity contribution >= 4 is 14.1 Å². The second-order valence-electron chi connectivity index (χ2n) is 5.44. The van der Waals surface area contributed by atoms with Gasteiger partial charge in [-0.15, -0.1) is 5.79 Å². The van der Waals surface area contributed by atoms with Gasteiger partial charge in [-0.1, -0.05) is 51.1 Å². The van der Waals surface area contributed by atoms with E-state index >= 15 is 0 Å². The Hall–Kier alpha value is 0.452. The Morgan fingerprint density at radius 1 is 0.667 bits per heavy atom. The minimum atomic E-state index is -0.417. The van der Waals surface area contributed by atoms with Crippen LogP contribution in [0.15, 0.2) is 0 Å². The molecule has 0 spiro atoms. The molecule has 0 heterocycles. The fourth-order valence-electron chi connectivity index (χ4n) is 2.55. The average Bonchev–Trinajstić information content (AvgIpc) is 2.40. The molecule has 0 saturated heterocycles. The van der Waals surface area contributed by atoms with E-state index in [2.05, 4.69) is 43.3 Å². The van der Waals surface area contributed by atoms with Gasteiger partial charge < -0.3 is 9.80 Å². The Morgan fingerprint density at radius 3 is 1.28 bits per heavy atom. The Balaban J connectivity index is 3.50. The minimum absolute atomic E-state index is 0.417. The maximum Gasteiger partial charge on any atom is 0.258 e. The van der Waals surface area contributed by atoms with Crippen molar-refractivity contribution in [3.63, 3.8) is 0 Å². The third kappa shape index (κ3) is 9.39. The molecule has 0 aromatic carbocycles. The van der Waals surface area contributed by atoms with Crippen LogP contribution in [0, 0.1) is 0 Å². The van der Waals surface area contributed by atoms with Crippen LogP contribution in [0.25, 0.3) is 0 Å². The van der Waals surface area contributed by atoms with Crippen LogP contribution in [0.5, 0.6) is 0 Å². The second-order valence-corrected chi connectivity index (χ2v) is 8.81. The number of hydrogen-bond donors (Lipinski definition) is 0. The maximum atomic E-state index is 2.56. The third-order valence-corrected chi connectivity index (χ3v) is 6.92. The van der Waals surface area contributed by atoms with E-state index in [9.17, 15) is 0 Å². The summed E-state index contributed by atoms with van der Waals surface area (Å²) in [4.78, 5) is 5.11. The summed E-state index contributed by atoms with van der Waals surface area (Å²) in [6.07, 6.45) is 2.86. The summed E-state index contributed by atoms with van der Waals surface area (Å²) in [7, 11) is 0. The Kier molecular flexibility index (Phi) is 12.8. The smallest absolute Gasteiger partial charge is 0.258 e. The van der Waals surface area contributed by atoms with Gasteiger partial charge in [0.1, 0.15) is 0 Å². The number of hydrogen-bond acceptors (Lipinski definition) is 2. The summed E-state index contributed by atoms with van der Waals surface area (Å²) in [6.45, 7) is 16.6. The molecule has 0 bridgehead atoms. The van der Waals surface area contributed by atoms with Gasteiger partial charge in [-0.2, -0.15) is 0 Å². The first-order valence-corrected chi connectivity index (χ1v) is 10.9. The van der Waals surface area contributed by atoms with E-state index in [-0.39, 0.29) is 0 Å². The third-order valence-electron chi connectivity index (χ3n) is 4.13. The zero-order valence-electron chi connectivity index (χ0n) is 13.5. The normalized spacial score (nSPS) is 11.5. The molecule has 2 nitrogen and oxygen atoms in total. The van der Waals surface area contributed by atoms with Gasteiger partial charge in [-0.25, -0.2) is 0 Å². The minimum Gasteiger partial charge on any atom is -0.304 e. The standard InChI is InChI=1S/2C7H16N.CH3.Al/c2*1-4-7-8(5-2)6-3;;/h2*1,4-7H2,2-3H3;1H3;. The fraction of sp³-hybridized carbons (Fsp3) is 1.00. The highest BCUT2D eigenvalue weighted by molar-refractivity contribution is 6.57.